The van der Waals surface area contributed by atoms with E-state index in [-0.39, 0.29) is 139 Å². The third-order valence-electron chi connectivity index (χ3n) is 16.5. The Hall–Kier alpha value is -5.26. The number of aliphatic hydroxyl groups excluding tert-OH is 2. The van der Waals surface area contributed by atoms with Gasteiger partial charge in [0.2, 0.25) is 0 Å². The van der Waals surface area contributed by atoms with Crippen molar-refractivity contribution in [1.82, 2.24) is 39.5 Å². The summed E-state index contributed by atoms with van der Waals surface area (Å²) in [6, 6.07) is 0. The number of aliphatic hydroxyl groups is 2. The largest absolute Gasteiger partial charge is 0.447 e. The lowest BCUT2D eigenvalue weighted by molar-refractivity contribution is -0.0959. The second-order valence-corrected chi connectivity index (χ2v) is 28.8. The number of aromatic nitrogens is 4. The molecule has 2 rings (SSSR count). The Kier molecular flexibility index (Phi) is 83.1. The van der Waals surface area contributed by atoms with Crippen LogP contribution in [0.4, 0.5) is 19.2 Å². The molecule has 43 nitrogen and oxygen atoms in total. The zero-order valence-electron chi connectivity index (χ0n) is 77.1. The van der Waals surface area contributed by atoms with Crippen molar-refractivity contribution in [3.05, 3.63) is 37.4 Å². The molecule has 2 aromatic rings. The van der Waals surface area contributed by atoms with E-state index in [1.807, 2.05) is 83.1 Å². The standard InChI is InChI=1S/C34H74N8O11.C28H46N4O11.C20H42O9/c1-29(25-47-18-17-45-20-23-49-33(43)39-9-15-41(11-5-35)12-6-36)51-27-31(3)53-28-32(4)52-26-30(2)48-22-19-46-21-24-50-34(44)40-10-16-42(13-7-37)14-8-38;1-23(17-37-10-9-35-12-15-39-27(33)31-7-5-29-21-31)41-19-25(3)43-20-26(4)42-18-24(2)38-14-11-36-13-16-40-28(34)32-8-6-30-22-32;1-17(13-25-10-9-23-7-5-21)27-15-19(3)29-16-20(4)28-14-18(2)26-12-11-24-8-6-22/h29-32H,5-28,35-38H2,1-4H3,(H,39,43)(H,40,44);5-8,21-26H,9-20H2,1-4H3;17-22H,5-16H2,1-4H3. The lowest BCUT2D eigenvalue weighted by Gasteiger charge is -2.21. The quantitative estimate of drug-likeness (QED) is 0.0344. The average molecular weight is 1810 g/mol. The van der Waals surface area contributed by atoms with Gasteiger partial charge >= 0.3 is 24.4 Å². The monoisotopic (exact) mass is 1810 g/mol. The SMILES string of the molecule is CC(COCCOCCO)OCC(C)OCC(C)OCC(C)OCCOCCO.CC(COCCOCCOC(=O)NCCN(CCN)CCN)OCC(C)OCC(C)OCC(C)OCCOCCOC(=O)NCCN(CCN)CCN.CC(COCCOCCOC(=O)n1ccnc1)OCC(C)OCC(C)OCC(C)OCCOCCOC(=O)n1ccnc1. The second kappa shape index (κ2) is 86.8. The summed E-state index contributed by atoms with van der Waals surface area (Å²) in [5.74, 6) is 0. The third-order valence-corrected chi connectivity index (χ3v) is 16.5. The fourth-order valence-electron chi connectivity index (χ4n) is 9.82. The van der Waals surface area contributed by atoms with Crippen LogP contribution < -0.4 is 33.6 Å². The summed E-state index contributed by atoms with van der Waals surface area (Å²) in [5.41, 5.74) is 22.3. The summed E-state index contributed by atoms with van der Waals surface area (Å²) < 4.78 is 141. The van der Waals surface area contributed by atoms with Gasteiger partial charge in [0.1, 0.15) is 39.1 Å². The van der Waals surface area contributed by atoms with Gasteiger partial charge in [0, 0.05) is 103 Å². The lowest BCUT2D eigenvalue weighted by Crippen LogP contribution is -2.40. The van der Waals surface area contributed by atoms with Crippen molar-refractivity contribution in [3.63, 3.8) is 0 Å². The molecule has 0 saturated carbocycles. The number of imidazole rings is 2. The fourth-order valence-corrected chi connectivity index (χ4v) is 9.82. The highest BCUT2D eigenvalue weighted by Gasteiger charge is 2.18. The van der Waals surface area contributed by atoms with E-state index in [0.717, 1.165) is 26.2 Å². The molecule has 2 aromatic heterocycles. The molecule has 12 N–H and O–H groups in total. The number of carbonyl (C=O) groups excluding carboxylic acids is 4. The van der Waals surface area contributed by atoms with Crippen molar-refractivity contribution in [2.45, 2.75) is 156 Å². The topological polar surface area (TPSA) is 510 Å². The smallest absolute Gasteiger partial charge is 0.419 e. The first-order chi connectivity index (χ1) is 60.5. The summed E-state index contributed by atoms with van der Waals surface area (Å²) in [4.78, 5) is 58.6. The lowest BCUT2D eigenvalue weighted by atomic mass is 10.3. The molecule has 0 aliphatic carbocycles. The Balaban J connectivity index is 0.00000192. The Morgan fingerprint density at radius 1 is 0.288 bits per heavy atom. The molecular formula is C82H162N12O31. The second-order valence-electron chi connectivity index (χ2n) is 28.8. The minimum Gasteiger partial charge on any atom is -0.447 e. The van der Waals surface area contributed by atoms with E-state index in [9.17, 15) is 19.2 Å². The van der Waals surface area contributed by atoms with Gasteiger partial charge in [-0.1, -0.05) is 0 Å². The van der Waals surface area contributed by atoms with Gasteiger partial charge in [-0.2, -0.15) is 0 Å². The zero-order chi connectivity index (χ0) is 92.2. The van der Waals surface area contributed by atoms with Crippen LogP contribution in [0.25, 0.3) is 0 Å². The van der Waals surface area contributed by atoms with Crippen LogP contribution >= 0.6 is 0 Å². The Morgan fingerprint density at radius 2 is 0.504 bits per heavy atom. The van der Waals surface area contributed by atoms with Crippen molar-refractivity contribution in [1.29, 1.82) is 0 Å². The first-order valence-corrected chi connectivity index (χ1v) is 43.7. The van der Waals surface area contributed by atoms with Crippen LogP contribution in [0, 0.1) is 0 Å². The van der Waals surface area contributed by atoms with Crippen molar-refractivity contribution in [2.24, 2.45) is 22.9 Å². The highest BCUT2D eigenvalue weighted by molar-refractivity contribution is 5.70. The number of amides is 2. The molecule has 736 valence electrons. The number of ether oxygens (including phenoxy) is 25. The van der Waals surface area contributed by atoms with Gasteiger partial charge in [0.25, 0.3) is 0 Å². The molecule has 0 saturated heterocycles. The Bertz CT molecular complexity index is 2650. The maximum absolute atomic E-state index is 11.8. The number of rotatable bonds is 84. The van der Waals surface area contributed by atoms with Gasteiger partial charge in [-0.05, 0) is 83.1 Å². The van der Waals surface area contributed by atoms with Gasteiger partial charge in [-0.25, -0.2) is 38.3 Å². The van der Waals surface area contributed by atoms with Gasteiger partial charge in [0.15, 0.2) is 0 Å². The fraction of sp³-hybridized carbons (Fsp3) is 0.878. The van der Waals surface area contributed by atoms with Crippen LogP contribution in [-0.2, 0) is 118 Å². The molecule has 0 spiro atoms. The van der Waals surface area contributed by atoms with Crippen LogP contribution in [0.15, 0.2) is 37.4 Å². The predicted molar refractivity (Wildman–Crippen MR) is 462 cm³/mol. The molecule has 2 heterocycles. The Morgan fingerprint density at radius 3 is 0.744 bits per heavy atom. The zero-order valence-corrected chi connectivity index (χ0v) is 77.1. The highest BCUT2D eigenvalue weighted by atomic mass is 16.6. The normalized spacial score (nSPS) is 14.5. The first kappa shape index (κ1) is 120. The molecule has 0 radical (unpaired) electrons. The third kappa shape index (κ3) is 79.4. The molecule has 0 bridgehead atoms. The summed E-state index contributed by atoms with van der Waals surface area (Å²) in [6.07, 6.45) is 5.76. The van der Waals surface area contributed by atoms with Crippen molar-refractivity contribution in [3.8, 4) is 0 Å². The van der Waals surface area contributed by atoms with E-state index in [1.165, 1.54) is 46.6 Å². The van der Waals surface area contributed by atoms with Crippen molar-refractivity contribution < 1.29 is 148 Å². The van der Waals surface area contributed by atoms with Gasteiger partial charge in [-0.3, -0.25) is 9.80 Å². The molecular weight excluding hydrogens is 1650 g/mol. The van der Waals surface area contributed by atoms with Crippen LogP contribution in [0.1, 0.15) is 83.1 Å². The molecule has 43 heteroatoms. The molecule has 0 aliphatic rings. The van der Waals surface area contributed by atoms with Gasteiger partial charge in [-0.15, -0.1) is 0 Å². The highest BCUT2D eigenvalue weighted by Crippen LogP contribution is 2.08. The average Bonchev–Trinajstić information content (AvgIpc) is 1.81. The molecule has 12 atom stereocenters. The van der Waals surface area contributed by atoms with Crippen molar-refractivity contribution in [2.75, 3.05) is 316 Å². The van der Waals surface area contributed by atoms with E-state index in [0.29, 0.717) is 224 Å². The number of hydrogen-bond donors (Lipinski definition) is 8. The molecule has 0 fully saturated rings. The summed E-state index contributed by atoms with van der Waals surface area (Å²) in [5, 5.41) is 22.6. The molecule has 0 aromatic carbocycles. The Labute approximate surface area is 742 Å². The molecule has 2 amide bonds. The van der Waals surface area contributed by atoms with E-state index < -0.39 is 24.4 Å². The summed E-state index contributed by atoms with van der Waals surface area (Å²) in [7, 11) is 0. The van der Waals surface area contributed by atoms with Crippen molar-refractivity contribution >= 4 is 24.4 Å². The van der Waals surface area contributed by atoms with E-state index in [4.69, 9.17) is 152 Å². The number of hydrogen-bond acceptors (Lipinski definition) is 39. The maximum Gasteiger partial charge on any atom is 0.419 e. The van der Waals surface area contributed by atoms with Crippen LogP contribution in [0.2, 0.25) is 0 Å². The number of nitrogens with one attached hydrogen (secondary N) is 2. The maximum atomic E-state index is 11.8. The van der Waals surface area contributed by atoms with E-state index in [2.05, 4.69) is 30.4 Å². The predicted octanol–water partition coefficient (Wildman–Crippen LogP) is 1.61. The first-order valence-electron chi connectivity index (χ1n) is 43.7. The minimum atomic E-state index is -0.497. The number of nitrogens with two attached hydrogens (primary N) is 4. The number of alkyl carbamates (subject to hydrolysis) is 2. The summed E-state index contributed by atoms with van der Waals surface area (Å²) in [6.45, 7) is 43.3. The van der Waals surface area contributed by atoms with Crippen LogP contribution in [0.3, 0.4) is 0 Å². The van der Waals surface area contributed by atoms with E-state index >= 15 is 0 Å². The number of nitrogens with zero attached hydrogens (tertiary/aromatic N) is 6. The number of carbonyl (C=O) groups is 4. The minimum absolute atomic E-state index is 0.0217. The van der Waals surface area contributed by atoms with Gasteiger partial charge in [0.05, 0.1) is 285 Å². The molecule has 12 unspecified atom stereocenters. The van der Waals surface area contributed by atoms with Crippen LogP contribution in [0.5, 0.6) is 0 Å². The van der Waals surface area contributed by atoms with Gasteiger partial charge < -0.3 is 162 Å². The summed E-state index contributed by atoms with van der Waals surface area (Å²) >= 11 is 0. The molecule has 125 heavy (non-hydrogen) atoms. The van der Waals surface area contributed by atoms with E-state index in [1.54, 1.807) is 0 Å². The molecule has 0 aliphatic heterocycles. The van der Waals surface area contributed by atoms with Crippen LogP contribution in [-0.4, -0.2) is 453 Å².